The van der Waals surface area contributed by atoms with E-state index in [1.165, 1.54) is 25.7 Å². The highest BCUT2D eigenvalue weighted by Crippen LogP contribution is 2.39. The molecule has 1 saturated carbocycles. The Morgan fingerprint density at radius 2 is 2.16 bits per heavy atom. The van der Waals surface area contributed by atoms with Crippen molar-refractivity contribution in [3.8, 4) is 0 Å². The molecule has 1 aliphatic carbocycles. The lowest BCUT2D eigenvalue weighted by molar-refractivity contribution is 0.0696. The molecule has 3 rings (SSSR count). The van der Waals surface area contributed by atoms with Crippen molar-refractivity contribution in [3.63, 3.8) is 0 Å². The van der Waals surface area contributed by atoms with E-state index in [2.05, 4.69) is 25.8 Å². The van der Waals surface area contributed by atoms with Crippen molar-refractivity contribution in [1.82, 2.24) is 4.98 Å². The Hall–Kier alpha value is -1.10. The van der Waals surface area contributed by atoms with Gasteiger partial charge in [-0.25, -0.2) is 9.78 Å². The normalized spacial score (nSPS) is 26.3. The lowest BCUT2D eigenvalue weighted by atomic mass is 9.91. The highest BCUT2D eigenvalue weighted by Gasteiger charge is 2.36. The van der Waals surface area contributed by atoms with Crippen LogP contribution in [0.15, 0.2) is 16.7 Å². The van der Waals surface area contributed by atoms with Gasteiger partial charge in [0.25, 0.3) is 0 Å². The molecule has 1 N–H and O–H groups in total. The molecule has 2 unspecified atom stereocenters. The zero-order valence-electron chi connectivity index (χ0n) is 10.7. The highest BCUT2D eigenvalue weighted by atomic mass is 79.9. The molecule has 1 aromatic rings. The number of piperidine rings is 1. The Morgan fingerprint density at radius 1 is 1.37 bits per heavy atom. The third-order valence-corrected chi connectivity index (χ3v) is 4.76. The summed E-state index contributed by atoms with van der Waals surface area (Å²) in [6.07, 6.45) is 7.81. The largest absolute Gasteiger partial charge is 0.478 e. The van der Waals surface area contributed by atoms with E-state index in [1.54, 1.807) is 12.3 Å². The number of aromatic nitrogens is 1. The van der Waals surface area contributed by atoms with Gasteiger partial charge < -0.3 is 10.0 Å². The highest BCUT2D eigenvalue weighted by molar-refractivity contribution is 9.10. The molecule has 1 saturated heterocycles. The summed E-state index contributed by atoms with van der Waals surface area (Å²) >= 11 is 3.30. The third-order valence-electron chi connectivity index (χ3n) is 4.33. The molecule has 0 amide bonds. The standard InChI is InChI=1S/C14H17BrN2O2/c15-10-7-11(14(18)19)13(16-8-10)17-6-2-4-9-3-1-5-12(9)17/h7-9,12H,1-6H2,(H,18,19). The van der Waals surface area contributed by atoms with Crippen LogP contribution in [0.4, 0.5) is 5.82 Å². The molecule has 2 atom stereocenters. The average Bonchev–Trinajstić information content (AvgIpc) is 2.86. The van der Waals surface area contributed by atoms with Gasteiger partial charge in [-0.3, -0.25) is 0 Å². The topological polar surface area (TPSA) is 53.4 Å². The van der Waals surface area contributed by atoms with Crippen molar-refractivity contribution in [1.29, 1.82) is 0 Å². The Bertz CT molecular complexity index is 506. The molecule has 4 nitrogen and oxygen atoms in total. The van der Waals surface area contributed by atoms with Crippen LogP contribution in [0.3, 0.4) is 0 Å². The first-order valence-corrected chi connectivity index (χ1v) is 7.61. The van der Waals surface area contributed by atoms with Gasteiger partial charge in [0.05, 0.1) is 0 Å². The number of hydrogen-bond donors (Lipinski definition) is 1. The van der Waals surface area contributed by atoms with Gasteiger partial charge in [0, 0.05) is 23.3 Å². The third kappa shape index (κ3) is 2.36. The maximum atomic E-state index is 11.4. The quantitative estimate of drug-likeness (QED) is 0.906. The number of halogens is 1. The predicted molar refractivity (Wildman–Crippen MR) is 76.6 cm³/mol. The monoisotopic (exact) mass is 324 g/mol. The lowest BCUT2D eigenvalue weighted by Crippen LogP contribution is -2.43. The van der Waals surface area contributed by atoms with Crippen LogP contribution in [-0.4, -0.2) is 28.6 Å². The summed E-state index contributed by atoms with van der Waals surface area (Å²) in [6.45, 7) is 0.927. The molecule has 2 fully saturated rings. The molecular weight excluding hydrogens is 308 g/mol. The fourth-order valence-electron chi connectivity index (χ4n) is 3.54. The molecule has 5 heteroatoms. The second-order valence-electron chi connectivity index (χ2n) is 5.42. The number of anilines is 1. The molecule has 0 radical (unpaired) electrons. The van der Waals surface area contributed by atoms with Gasteiger partial charge in [0.1, 0.15) is 11.4 Å². The second-order valence-corrected chi connectivity index (χ2v) is 6.34. The minimum absolute atomic E-state index is 0.307. The van der Waals surface area contributed by atoms with Crippen molar-refractivity contribution in [2.24, 2.45) is 5.92 Å². The fraction of sp³-hybridized carbons (Fsp3) is 0.571. The van der Waals surface area contributed by atoms with E-state index in [0.717, 1.165) is 18.9 Å². The molecule has 102 valence electrons. The van der Waals surface area contributed by atoms with Crippen molar-refractivity contribution in [2.45, 2.75) is 38.1 Å². The van der Waals surface area contributed by atoms with Crippen LogP contribution >= 0.6 is 15.9 Å². The molecule has 1 aromatic heterocycles. The summed E-state index contributed by atoms with van der Waals surface area (Å²) in [5, 5.41) is 9.37. The second kappa shape index (κ2) is 5.12. The summed E-state index contributed by atoms with van der Waals surface area (Å²) in [5.74, 6) is 0.470. The zero-order chi connectivity index (χ0) is 13.4. The minimum atomic E-state index is -0.899. The van der Waals surface area contributed by atoms with Crippen LogP contribution in [0.5, 0.6) is 0 Å². The van der Waals surface area contributed by atoms with Crippen molar-refractivity contribution < 1.29 is 9.90 Å². The number of fused-ring (bicyclic) bond motifs is 1. The van der Waals surface area contributed by atoms with Crippen LogP contribution in [0.2, 0.25) is 0 Å². The lowest BCUT2D eigenvalue weighted by Gasteiger charge is -2.39. The molecule has 0 aromatic carbocycles. The predicted octanol–water partition coefficient (Wildman–Crippen LogP) is 3.31. The Morgan fingerprint density at radius 3 is 2.95 bits per heavy atom. The van der Waals surface area contributed by atoms with Crippen molar-refractivity contribution in [2.75, 3.05) is 11.4 Å². The fourth-order valence-corrected chi connectivity index (χ4v) is 3.87. The van der Waals surface area contributed by atoms with Gasteiger partial charge in [0.2, 0.25) is 0 Å². The SMILES string of the molecule is O=C(O)c1cc(Br)cnc1N1CCCC2CCCC21. The maximum absolute atomic E-state index is 11.4. The van der Waals surface area contributed by atoms with E-state index >= 15 is 0 Å². The number of hydrogen-bond acceptors (Lipinski definition) is 3. The van der Waals surface area contributed by atoms with E-state index in [0.29, 0.717) is 21.9 Å². The summed E-state index contributed by atoms with van der Waals surface area (Å²) in [5.41, 5.74) is 0.307. The smallest absolute Gasteiger partial charge is 0.339 e. The van der Waals surface area contributed by atoms with E-state index in [4.69, 9.17) is 0 Å². The molecule has 19 heavy (non-hydrogen) atoms. The van der Waals surface area contributed by atoms with Crippen LogP contribution in [0.1, 0.15) is 42.5 Å². The van der Waals surface area contributed by atoms with E-state index in [1.807, 2.05) is 0 Å². The first kappa shape index (κ1) is 12.9. The Balaban J connectivity index is 1.98. The van der Waals surface area contributed by atoms with Gasteiger partial charge in [-0.1, -0.05) is 6.42 Å². The number of carbonyl (C=O) groups is 1. The van der Waals surface area contributed by atoms with Gasteiger partial charge >= 0.3 is 5.97 Å². The van der Waals surface area contributed by atoms with Crippen LogP contribution in [-0.2, 0) is 0 Å². The number of aromatic carboxylic acids is 1. The van der Waals surface area contributed by atoms with Crippen LogP contribution in [0.25, 0.3) is 0 Å². The van der Waals surface area contributed by atoms with Gasteiger partial charge in [0.15, 0.2) is 0 Å². The van der Waals surface area contributed by atoms with Gasteiger partial charge in [-0.05, 0) is 53.6 Å². The molecule has 0 bridgehead atoms. The van der Waals surface area contributed by atoms with Crippen LogP contribution < -0.4 is 4.90 Å². The van der Waals surface area contributed by atoms with Crippen molar-refractivity contribution in [3.05, 3.63) is 22.3 Å². The van der Waals surface area contributed by atoms with Gasteiger partial charge in [-0.2, -0.15) is 0 Å². The first-order chi connectivity index (χ1) is 9.16. The summed E-state index contributed by atoms with van der Waals surface area (Å²) in [6, 6.07) is 2.14. The van der Waals surface area contributed by atoms with Crippen LogP contribution in [0, 0.1) is 5.92 Å². The number of nitrogens with zero attached hydrogens (tertiary/aromatic N) is 2. The maximum Gasteiger partial charge on any atom is 0.339 e. The average molecular weight is 325 g/mol. The summed E-state index contributed by atoms with van der Waals surface area (Å²) < 4.78 is 0.716. The van der Waals surface area contributed by atoms with E-state index in [9.17, 15) is 9.90 Å². The minimum Gasteiger partial charge on any atom is -0.478 e. The van der Waals surface area contributed by atoms with E-state index in [-0.39, 0.29) is 0 Å². The first-order valence-electron chi connectivity index (χ1n) is 6.82. The molecule has 0 spiro atoms. The zero-order valence-corrected chi connectivity index (χ0v) is 12.3. The number of carboxylic acid groups (broad SMARTS) is 1. The Kier molecular flexibility index (Phi) is 3.48. The molecule has 1 aliphatic heterocycles. The Labute approximate surface area is 121 Å². The van der Waals surface area contributed by atoms with Crippen molar-refractivity contribution >= 4 is 27.7 Å². The molecule has 2 aliphatic rings. The number of rotatable bonds is 2. The summed E-state index contributed by atoms with van der Waals surface area (Å²) in [4.78, 5) is 18.0. The summed E-state index contributed by atoms with van der Waals surface area (Å²) in [7, 11) is 0. The van der Waals surface area contributed by atoms with E-state index < -0.39 is 5.97 Å². The molecular formula is C14H17BrN2O2. The molecule has 2 heterocycles. The van der Waals surface area contributed by atoms with Gasteiger partial charge in [-0.15, -0.1) is 0 Å². The number of pyridine rings is 1. The number of carboxylic acids is 1.